The van der Waals surface area contributed by atoms with Gasteiger partial charge in [0.15, 0.2) is 5.11 Å². The van der Waals surface area contributed by atoms with Crippen molar-refractivity contribution >= 4 is 33.0 Å². The lowest BCUT2D eigenvalue weighted by atomic mass is 9.99. The second kappa shape index (κ2) is 9.64. The van der Waals surface area contributed by atoms with E-state index in [-0.39, 0.29) is 4.90 Å². The van der Waals surface area contributed by atoms with Gasteiger partial charge >= 0.3 is 0 Å². The van der Waals surface area contributed by atoms with E-state index in [1.54, 1.807) is 23.1 Å². The highest BCUT2D eigenvalue weighted by Crippen LogP contribution is 2.17. The molecule has 0 radical (unpaired) electrons. The van der Waals surface area contributed by atoms with E-state index in [0.29, 0.717) is 10.8 Å². The van der Waals surface area contributed by atoms with Crippen LogP contribution in [0.1, 0.15) is 26.2 Å². The number of likely N-dealkylation sites (tertiary alicyclic amines) is 1. The van der Waals surface area contributed by atoms with Crippen LogP contribution in [0.2, 0.25) is 0 Å². The van der Waals surface area contributed by atoms with E-state index in [0.717, 1.165) is 18.9 Å². The molecule has 1 aromatic carbocycles. The normalized spacial score (nSPS) is 20.8. The predicted molar refractivity (Wildman–Crippen MR) is 110 cm³/mol. The van der Waals surface area contributed by atoms with Crippen LogP contribution in [0.3, 0.4) is 0 Å². The monoisotopic (exact) mass is 399 g/mol. The Bertz CT molecular complexity index is 699. The van der Waals surface area contributed by atoms with Gasteiger partial charge in [-0.3, -0.25) is 0 Å². The third-order valence-electron chi connectivity index (χ3n) is 4.84. The molecule has 26 heavy (non-hydrogen) atoms. The Morgan fingerprint density at radius 3 is 2.65 bits per heavy atom. The van der Waals surface area contributed by atoms with Gasteiger partial charge < -0.3 is 15.5 Å². The van der Waals surface area contributed by atoms with Crippen LogP contribution in [0.15, 0.2) is 29.2 Å². The number of nitrogens with one attached hydrogen (secondary N) is 3. The van der Waals surface area contributed by atoms with Crippen molar-refractivity contribution in [3.05, 3.63) is 24.3 Å². The van der Waals surface area contributed by atoms with Gasteiger partial charge in [-0.15, -0.1) is 0 Å². The molecule has 0 spiro atoms. The van der Waals surface area contributed by atoms with Gasteiger partial charge in [0, 0.05) is 32.7 Å². The van der Waals surface area contributed by atoms with Crippen molar-refractivity contribution < 1.29 is 13.3 Å². The van der Waals surface area contributed by atoms with E-state index in [1.165, 1.54) is 50.9 Å². The molecule has 0 atom stereocenters. The van der Waals surface area contributed by atoms with Crippen molar-refractivity contribution in [2.45, 2.75) is 31.1 Å². The Labute approximate surface area is 163 Å². The zero-order valence-corrected chi connectivity index (χ0v) is 17.5. The molecule has 0 bridgehead atoms. The van der Waals surface area contributed by atoms with Gasteiger partial charge in [-0.2, -0.15) is 0 Å². The van der Waals surface area contributed by atoms with Gasteiger partial charge in [0.1, 0.15) is 0 Å². The number of benzene rings is 1. The first-order valence-electron chi connectivity index (χ1n) is 9.20. The van der Waals surface area contributed by atoms with Crippen molar-refractivity contribution in [3.8, 4) is 0 Å². The Morgan fingerprint density at radius 2 is 2.00 bits per heavy atom. The average Bonchev–Trinajstić information content (AvgIpc) is 2.60. The molecule has 1 aliphatic rings. The highest BCUT2D eigenvalue weighted by Gasteiger charge is 2.18. The van der Waals surface area contributed by atoms with Gasteiger partial charge in [-0.05, 0) is 49.2 Å². The number of nitrogens with zero attached hydrogens (tertiary/aromatic N) is 1. The Hall–Kier alpha value is -1.22. The van der Waals surface area contributed by atoms with Crippen LogP contribution in [-0.4, -0.2) is 58.1 Å². The number of hydrogen-bond acceptors (Lipinski definition) is 3. The smallest absolute Gasteiger partial charge is 0.242 e. The molecule has 3 N–H and O–H groups in total. The fraction of sp³-hybridized carbons (Fsp3) is 0.611. The molecule has 0 aromatic heterocycles. The molecular weight excluding hydrogens is 368 g/mol. The molecule has 1 aliphatic heterocycles. The van der Waals surface area contributed by atoms with Gasteiger partial charge in [0.05, 0.1) is 24.5 Å². The van der Waals surface area contributed by atoms with Crippen molar-refractivity contribution in [3.63, 3.8) is 0 Å². The van der Waals surface area contributed by atoms with Gasteiger partial charge in [0.25, 0.3) is 0 Å². The lowest BCUT2D eigenvalue weighted by Crippen LogP contribution is -3.13. The Balaban J connectivity index is 1.76. The first-order valence-corrected chi connectivity index (χ1v) is 11.0. The molecular formula is C18H31N4O2S2+. The van der Waals surface area contributed by atoms with Gasteiger partial charge in [-0.25, -0.2) is 12.7 Å². The molecule has 146 valence electrons. The van der Waals surface area contributed by atoms with E-state index < -0.39 is 10.0 Å². The van der Waals surface area contributed by atoms with E-state index in [1.807, 2.05) is 6.07 Å². The molecule has 6 nitrogen and oxygen atoms in total. The topological polar surface area (TPSA) is 65.9 Å². The van der Waals surface area contributed by atoms with Gasteiger partial charge in [-0.1, -0.05) is 13.0 Å². The second-order valence-corrected chi connectivity index (χ2v) is 9.79. The van der Waals surface area contributed by atoms with Crippen LogP contribution >= 0.6 is 12.2 Å². The molecule has 1 aromatic rings. The van der Waals surface area contributed by atoms with Crippen molar-refractivity contribution in [1.29, 1.82) is 0 Å². The van der Waals surface area contributed by atoms with E-state index in [2.05, 4.69) is 17.6 Å². The SMILES string of the molecule is CC1CC[NH+](CCCNC(=S)Nc2cccc(S(=O)(=O)N(C)C)c2)CC1. The Morgan fingerprint density at radius 1 is 1.31 bits per heavy atom. The molecule has 1 heterocycles. The zero-order valence-electron chi connectivity index (χ0n) is 15.9. The minimum absolute atomic E-state index is 0.248. The molecule has 0 saturated carbocycles. The van der Waals surface area contributed by atoms with Crippen LogP contribution in [0.4, 0.5) is 5.69 Å². The summed E-state index contributed by atoms with van der Waals surface area (Å²) in [4.78, 5) is 1.93. The number of hydrogen-bond donors (Lipinski definition) is 3. The molecule has 2 rings (SSSR count). The summed E-state index contributed by atoms with van der Waals surface area (Å²) in [5.41, 5.74) is 0.668. The Kier molecular flexibility index (Phi) is 7.82. The highest BCUT2D eigenvalue weighted by molar-refractivity contribution is 7.89. The molecule has 0 amide bonds. The standard InChI is InChI=1S/C18H30N4O2S2/c1-15-8-12-22(13-9-15)11-5-10-19-18(25)20-16-6-4-7-17(14-16)26(23,24)21(2)3/h4,6-7,14-15H,5,8-13H2,1-3H3,(H2,19,20,25)/p+1. The van der Waals surface area contributed by atoms with Crippen LogP contribution in [0.5, 0.6) is 0 Å². The maximum atomic E-state index is 12.2. The summed E-state index contributed by atoms with van der Waals surface area (Å²) in [5.74, 6) is 0.876. The summed E-state index contributed by atoms with van der Waals surface area (Å²) in [5, 5.41) is 6.80. The summed E-state index contributed by atoms with van der Waals surface area (Å²) in [6, 6.07) is 6.70. The minimum atomic E-state index is -3.45. The van der Waals surface area contributed by atoms with E-state index in [9.17, 15) is 8.42 Å². The summed E-state index contributed by atoms with van der Waals surface area (Å²) in [6.45, 7) is 6.87. The largest absolute Gasteiger partial charge is 0.362 e. The number of anilines is 1. The van der Waals surface area contributed by atoms with Crippen LogP contribution in [0, 0.1) is 5.92 Å². The van der Waals surface area contributed by atoms with Crippen LogP contribution in [-0.2, 0) is 10.0 Å². The summed E-state index contributed by atoms with van der Waals surface area (Å²) >= 11 is 5.32. The average molecular weight is 400 g/mol. The van der Waals surface area contributed by atoms with Crippen molar-refractivity contribution in [2.24, 2.45) is 5.92 Å². The van der Waals surface area contributed by atoms with Gasteiger partial charge in [0.2, 0.25) is 10.0 Å². The third-order valence-corrected chi connectivity index (χ3v) is 6.90. The minimum Gasteiger partial charge on any atom is -0.362 e. The van der Waals surface area contributed by atoms with Crippen LogP contribution in [0.25, 0.3) is 0 Å². The lowest BCUT2D eigenvalue weighted by molar-refractivity contribution is -0.906. The van der Waals surface area contributed by atoms with Crippen molar-refractivity contribution in [1.82, 2.24) is 9.62 Å². The lowest BCUT2D eigenvalue weighted by Gasteiger charge is -2.27. The maximum Gasteiger partial charge on any atom is 0.242 e. The van der Waals surface area contributed by atoms with Crippen LogP contribution < -0.4 is 15.5 Å². The zero-order chi connectivity index (χ0) is 19.2. The molecule has 0 aliphatic carbocycles. The first-order chi connectivity index (χ1) is 12.3. The fourth-order valence-electron chi connectivity index (χ4n) is 3.08. The number of piperidine rings is 1. The summed E-state index contributed by atoms with van der Waals surface area (Å²) < 4.78 is 25.6. The molecule has 1 fully saturated rings. The number of thiocarbonyl (C=S) groups is 1. The maximum absolute atomic E-state index is 12.2. The molecule has 1 saturated heterocycles. The second-order valence-electron chi connectivity index (χ2n) is 7.23. The third kappa shape index (κ3) is 6.19. The molecule has 8 heteroatoms. The summed E-state index contributed by atoms with van der Waals surface area (Å²) in [7, 11) is -0.405. The summed E-state index contributed by atoms with van der Waals surface area (Å²) in [6.07, 6.45) is 3.73. The number of sulfonamides is 1. The first kappa shape index (κ1) is 21.1. The number of quaternary nitrogens is 1. The van der Waals surface area contributed by atoms with Crippen molar-refractivity contribution in [2.75, 3.05) is 45.6 Å². The predicted octanol–water partition coefficient (Wildman–Crippen LogP) is 0.928. The van der Waals surface area contributed by atoms with E-state index >= 15 is 0 Å². The molecule has 0 unspecified atom stereocenters. The highest BCUT2D eigenvalue weighted by atomic mass is 32.2. The fourth-order valence-corrected chi connectivity index (χ4v) is 4.25. The number of rotatable bonds is 7. The quantitative estimate of drug-likeness (QED) is 0.470. The van der Waals surface area contributed by atoms with E-state index in [4.69, 9.17) is 12.2 Å².